The highest BCUT2D eigenvalue weighted by Crippen LogP contribution is 2.25. The normalized spacial score (nSPS) is 14.5. The highest BCUT2D eigenvalue weighted by Gasteiger charge is 2.11. The van der Waals surface area contributed by atoms with Crippen LogP contribution in [0.3, 0.4) is 0 Å². The van der Waals surface area contributed by atoms with Crippen molar-refractivity contribution in [3.63, 3.8) is 0 Å². The van der Waals surface area contributed by atoms with Gasteiger partial charge in [0.15, 0.2) is 18.1 Å². The number of benzene rings is 2. The van der Waals surface area contributed by atoms with Gasteiger partial charge in [-0.3, -0.25) is 4.79 Å². The molecule has 0 atom stereocenters. The zero-order valence-electron chi connectivity index (χ0n) is 16.2. The summed E-state index contributed by atoms with van der Waals surface area (Å²) in [5, 5.41) is 4.16. The van der Waals surface area contributed by atoms with Crippen LogP contribution in [0.15, 0.2) is 53.6 Å². The lowest BCUT2D eigenvalue weighted by atomic mass is 10.1. The van der Waals surface area contributed by atoms with Crippen LogP contribution in [-0.2, 0) is 9.53 Å². The van der Waals surface area contributed by atoms with E-state index >= 15 is 0 Å². The molecule has 2 aromatic rings. The standard InChI is InChI=1S/C21H25N3O4/c1-16(17-7-9-18(10-8-17)24-11-13-27-14-12-24)22-23-21(25)15-28-20-6-4-3-5-19(20)26-2/h3-10H,11-15H2,1-2H3,(H,23,25)/b22-16-. The van der Waals surface area contributed by atoms with Crippen LogP contribution in [0.5, 0.6) is 11.5 Å². The van der Waals surface area contributed by atoms with E-state index in [0.29, 0.717) is 11.5 Å². The number of hydrogen-bond donors (Lipinski definition) is 1. The van der Waals surface area contributed by atoms with Crippen LogP contribution in [-0.4, -0.2) is 51.6 Å². The van der Waals surface area contributed by atoms with E-state index in [1.807, 2.05) is 31.2 Å². The van der Waals surface area contributed by atoms with Crippen molar-refractivity contribution in [2.45, 2.75) is 6.92 Å². The lowest BCUT2D eigenvalue weighted by Gasteiger charge is -2.28. The maximum Gasteiger partial charge on any atom is 0.277 e. The van der Waals surface area contributed by atoms with Crippen LogP contribution in [0, 0.1) is 0 Å². The number of hydrazone groups is 1. The zero-order chi connectivity index (χ0) is 19.8. The van der Waals surface area contributed by atoms with E-state index in [-0.39, 0.29) is 12.5 Å². The topological polar surface area (TPSA) is 72.4 Å². The molecule has 148 valence electrons. The molecule has 1 aliphatic heterocycles. The number of ether oxygens (including phenoxy) is 3. The molecule has 1 aliphatic rings. The smallest absolute Gasteiger partial charge is 0.277 e. The number of hydrogen-bond acceptors (Lipinski definition) is 6. The summed E-state index contributed by atoms with van der Waals surface area (Å²) in [7, 11) is 1.56. The molecule has 7 nitrogen and oxygen atoms in total. The van der Waals surface area contributed by atoms with Gasteiger partial charge in [-0.05, 0) is 36.8 Å². The molecule has 0 aliphatic carbocycles. The maximum atomic E-state index is 12.0. The molecule has 0 aromatic heterocycles. The highest BCUT2D eigenvalue weighted by molar-refractivity contribution is 5.99. The Hall–Kier alpha value is -3.06. The molecule has 0 radical (unpaired) electrons. The van der Waals surface area contributed by atoms with Gasteiger partial charge in [-0.2, -0.15) is 5.10 Å². The van der Waals surface area contributed by atoms with E-state index in [2.05, 4.69) is 27.6 Å². The van der Waals surface area contributed by atoms with Crippen molar-refractivity contribution in [2.75, 3.05) is 44.9 Å². The first-order chi connectivity index (χ1) is 13.7. The second-order valence-corrected chi connectivity index (χ2v) is 6.32. The summed E-state index contributed by atoms with van der Waals surface area (Å²) < 4.78 is 16.1. The Kier molecular flexibility index (Phi) is 6.86. The lowest BCUT2D eigenvalue weighted by Crippen LogP contribution is -2.36. The van der Waals surface area contributed by atoms with E-state index in [1.165, 1.54) is 0 Å². The molecule has 1 N–H and O–H groups in total. The molecule has 2 aromatic carbocycles. The van der Waals surface area contributed by atoms with Crippen LogP contribution in [0.25, 0.3) is 0 Å². The predicted octanol–water partition coefficient (Wildman–Crippen LogP) is 2.45. The quantitative estimate of drug-likeness (QED) is 0.587. The van der Waals surface area contributed by atoms with E-state index in [1.54, 1.807) is 19.2 Å². The number of methoxy groups -OCH3 is 1. The van der Waals surface area contributed by atoms with Crippen molar-refractivity contribution in [3.05, 3.63) is 54.1 Å². The number of rotatable bonds is 7. The molecule has 0 spiro atoms. The summed E-state index contributed by atoms with van der Waals surface area (Å²) in [6.07, 6.45) is 0. The number of morpholine rings is 1. The molecule has 0 unspecified atom stereocenters. The molecule has 28 heavy (non-hydrogen) atoms. The number of para-hydroxylation sites is 2. The lowest BCUT2D eigenvalue weighted by molar-refractivity contribution is -0.123. The van der Waals surface area contributed by atoms with Crippen LogP contribution in [0.2, 0.25) is 0 Å². The van der Waals surface area contributed by atoms with Crippen LogP contribution < -0.4 is 19.8 Å². The third-order valence-corrected chi connectivity index (χ3v) is 4.44. The molecule has 1 saturated heterocycles. The number of nitrogens with zero attached hydrogens (tertiary/aromatic N) is 2. The fourth-order valence-corrected chi connectivity index (χ4v) is 2.86. The maximum absolute atomic E-state index is 12.0. The number of nitrogens with one attached hydrogen (secondary N) is 1. The first kappa shape index (κ1) is 19.7. The van der Waals surface area contributed by atoms with Crippen molar-refractivity contribution < 1.29 is 19.0 Å². The van der Waals surface area contributed by atoms with Crippen molar-refractivity contribution >= 4 is 17.3 Å². The van der Waals surface area contributed by atoms with Crippen LogP contribution >= 0.6 is 0 Å². The van der Waals surface area contributed by atoms with Crippen molar-refractivity contribution in [1.29, 1.82) is 0 Å². The van der Waals surface area contributed by atoms with Crippen molar-refractivity contribution in [2.24, 2.45) is 5.10 Å². The zero-order valence-corrected chi connectivity index (χ0v) is 16.2. The average Bonchev–Trinajstić information content (AvgIpc) is 2.77. The molecular formula is C21H25N3O4. The summed E-state index contributed by atoms with van der Waals surface area (Å²) in [4.78, 5) is 14.3. The molecular weight excluding hydrogens is 358 g/mol. The average molecular weight is 383 g/mol. The Morgan fingerprint density at radius 1 is 1.11 bits per heavy atom. The largest absolute Gasteiger partial charge is 0.493 e. The summed E-state index contributed by atoms with van der Waals surface area (Å²) in [5.74, 6) is 0.755. The third-order valence-electron chi connectivity index (χ3n) is 4.44. The fourth-order valence-electron chi connectivity index (χ4n) is 2.86. The SMILES string of the molecule is COc1ccccc1OCC(=O)N/N=C(/C)c1ccc(N2CCOCC2)cc1. The second kappa shape index (κ2) is 9.75. The van der Waals surface area contributed by atoms with Gasteiger partial charge in [-0.15, -0.1) is 0 Å². The highest BCUT2D eigenvalue weighted by atomic mass is 16.5. The molecule has 3 rings (SSSR count). The number of anilines is 1. The Balaban J connectivity index is 1.52. The number of amides is 1. The Morgan fingerprint density at radius 2 is 1.79 bits per heavy atom. The molecule has 0 bridgehead atoms. The minimum absolute atomic E-state index is 0.146. The van der Waals surface area contributed by atoms with Gasteiger partial charge in [0.1, 0.15) is 0 Å². The van der Waals surface area contributed by atoms with Crippen LogP contribution in [0.1, 0.15) is 12.5 Å². The van der Waals surface area contributed by atoms with Crippen LogP contribution in [0.4, 0.5) is 5.69 Å². The predicted molar refractivity (Wildman–Crippen MR) is 108 cm³/mol. The first-order valence-corrected chi connectivity index (χ1v) is 9.19. The van der Waals surface area contributed by atoms with Gasteiger partial charge >= 0.3 is 0 Å². The van der Waals surface area contributed by atoms with Gasteiger partial charge in [-0.1, -0.05) is 24.3 Å². The van der Waals surface area contributed by atoms with Gasteiger partial charge in [0, 0.05) is 18.8 Å². The Labute approximate surface area is 164 Å². The minimum Gasteiger partial charge on any atom is -0.493 e. The van der Waals surface area contributed by atoms with Gasteiger partial charge in [0.25, 0.3) is 5.91 Å². The monoisotopic (exact) mass is 383 g/mol. The summed E-state index contributed by atoms with van der Waals surface area (Å²) in [6.45, 7) is 5.01. The van der Waals surface area contributed by atoms with Gasteiger partial charge in [0.05, 0.1) is 26.0 Å². The van der Waals surface area contributed by atoms with E-state index in [0.717, 1.165) is 43.3 Å². The Bertz CT molecular complexity index is 815. The fraction of sp³-hybridized carbons (Fsp3) is 0.333. The van der Waals surface area contributed by atoms with Gasteiger partial charge < -0.3 is 19.1 Å². The minimum atomic E-state index is -0.338. The van der Waals surface area contributed by atoms with Gasteiger partial charge in [-0.25, -0.2) is 5.43 Å². The molecule has 7 heteroatoms. The third kappa shape index (κ3) is 5.23. The molecule has 1 heterocycles. The molecule has 1 fully saturated rings. The molecule has 0 saturated carbocycles. The summed E-state index contributed by atoms with van der Waals surface area (Å²) in [5.41, 5.74) is 5.35. The van der Waals surface area contributed by atoms with E-state index in [4.69, 9.17) is 14.2 Å². The first-order valence-electron chi connectivity index (χ1n) is 9.19. The van der Waals surface area contributed by atoms with E-state index in [9.17, 15) is 4.79 Å². The number of carbonyl (C=O) groups excluding carboxylic acids is 1. The summed E-state index contributed by atoms with van der Waals surface area (Å²) >= 11 is 0. The molecule has 1 amide bonds. The van der Waals surface area contributed by atoms with E-state index < -0.39 is 0 Å². The van der Waals surface area contributed by atoms with Crippen molar-refractivity contribution in [3.8, 4) is 11.5 Å². The Morgan fingerprint density at radius 3 is 2.46 bits per heavy atom. The van der Waals surface area contributed by atoms with Gasteiger partial charge in [0.2, 0.25) is 0 Å². The van der Waals surface area contributed by atoms with Crippen molar-refractivity contribution in [1.82, 2.24) is 5.43 Å². The number of carbonyl (C=O) groups is 1. The summed E-state index contributed by atoms with van der Waals surface area (Å²) in [6, 6.07) is 15.3. The second-order valence-electron chi connectivity index (χ2n) is 6.32.